The molecule has 112 valence electrons. The number of aromatic nitrogens is 3. The van der Waals surface area contributed by atoms with E-state index < -0.39 is 5.97 Å². The standard InChI is InChI=1S/C15H13N3O4/c1-21-11-5-3-9(4-6-11)13-16-14(19)12-7-10(15(20)22-2)8-18(12)17-13/h3-8H,1-2H3,(H,16,17,19). The summed E-state index contributed by atoms with van der Waals surface area (Å²) in [6, 6.07) is 8.56. The molecule has 0 spiro atoms. The third kappa shape index (κ3) is 2.32. The van der Waals surface area contributed by atoms with E-state index in [1.165, 1.54) is 23.9 Å². The van der Waals surface area contributed by atoms with Crippen molar-refractivity contribution in [3.05, 3.63) is 52.4 Å². The molecule has 0 atom stereocenters. The van der Waals surface area contributed by atoms with E-state index in [-0.39, 0.29) is 16.6 Å². The van der Waals surface area contributed by atoms with Gasteiger partial charge in [0.05, 0.1) is 19.8 Å². The van der Waals surface area contributed by atoms with Gasteiger partial charge in [0.15, 0.2) is 5.82 Å². The van der Waals surface area contributed by atoms with E-state index in [1.807, 2.05) is 0 Å². The van der Waals surface area contributed by atoms with Gasteiger partial charge in [0.1, 0.15) is 11.3 Å². The predicted molar refractivity (Wildman–Crippen MR) is 79.1 cm³/mol. The Morgan fingerprint density at radius 2 is 1.95 bits per heavy atom. The van der Waals surface area contributed by atoms with Crippen molar-refractivity contribution in [2.75, 3.05) is 14.2 Å². The van der Waals surface area contributed by atoms with Crippen molar-refractivity contribution in [1.29, 1.82) is 0 Å². The first-order chi connectivity index (χ1) is 10.6. The highest BCUT2D eigenvalue weighted by Gasteiger charge is 2.13. The lowest BCUT2D eigenvalue weighted by Gasteiger charge is -2.03. The molecular weight excluding hydrogens is 286 g/mol. The summed E-state index contributed by atoms with van der Waals surface area (Å²) < 4.78 is 11.1. The quantitative estimate of drug-likeness (QED) is 0.740. The van der Waals surface area contributed by atoms with Gasteiger partial charge in [-0.15, -0.1) is 5.10 Å². The number of carbonyl (C=O) groups excluding carboxylic acids is 1. The SMILES string of the molecule is COC(=O)c1cc2c(=O)[nH]c(-c3ccc(OC)cc3)nn2c1. The highest BCUT2D eigenvalue weighted by molar-refractivity contribution is 5.90. The first-order valence-electron chi connectivity index (χ1n) is 6.48. The van der Waals surface area contributed by atoms with Crippen LogP contribution < -0.4 is 10.3 Å². The highest BCUT2D eigenvalue weighted by Crippen LogP contribution is 2.18. The van der Waals surface area contributed by atoms with E-state index in [2.05, 4.69) is 14.8 Å². The third-order valence-corrected chi connectivity index (χ3v) is 3.26. The number of hydrogen-bond acceptors (Lipinski definition) is 5. The zero-order valence-electron chi connectivity index (χ0n) is 12.0. The number of esters is 1. The zero-order chi connectivity index (χ0) is 15.7. The Kier molecular flexibility index (Phi) is 3.38. The van der Waals surface area contributed by atoms with Crippen molar-refractivity contribution in [2.24, 2.45) is 0 Å². The fourth-order valence-electron chi connectivity index (χ4n) is 2.12. The fourth-order valence-corrected chi connectivity index (χ4v) is 2.12. The number of methoxy groups -OCH3 is 2. The Hall–Kier alpha value is -3.09. The van der Waals surface area contributed by atoms with Crippen molar-refractivity contribution in [3.8, 4) is 17.1 Å². The van der Waals surface area contributed by atoms with Gasteiger partial charge >= 0.3 is 5.97 Å². The van der Waals surface area contributed by atoms with Crippen LogP contribution in [0.25, 0.3) is 16.9 Å². The molecular formula is C15H13N3O4. The molecule has 2 heterocycles. The third-order valence-electron chi connectivity index (χ3n) is 3.26. The lowest BCUT2D eigenvalue weighted by atomic mass is 10.2. The average Bonchev–Trinajstić information content (AvgIpc) is 2.99. The number of H-pyrrole nitrogens is 1. The second-order valence-corrected chi connectivity index (χ2v) is 4.58. The van der Waals surface area contributed by atoms with Gasteiger partial charge in [-0.2, -0.15) is 0 Å². The monoisotopic (exact) mass is 299 g/mol. The van der Waals surface area contributed by atoms with Gasteiger partial charge < -0.3 is 14.5 Å². The smallest absolute Gasteiger partial charge is 0.339 e. The first kappa shape index (κ1) is 13.9. The summed E-state index contributed by atoms with van der Waals surface area (Å²) in [5.41, 5.74) is 0.939. The molecule has 0 aliphatic rings. The number of carbonyl (C=O) groups is 1. The lowest BCUT2D eigenvalue weighted by Crippen LogP contribution is -2.13. The van der Waals surface area contributed by atoms with E-state index in [0.29, 0.717) is 11.6 Å². The van der Waals surface area contributed by atoms with Gasteiger partial charge in [-0.25, -0.2) is 9.31 Å². The number of fused-ring (bicyclic) bond motifs is 1. The maximum absolute atomic E-state index is 12.1. The van der Waals surface area contributed by atoms with E-state index in [4.69, 9.17) is 4.74 Å². The largest absolute Gasteiger partial charge is 0.497 e. The normalized spacial score (nSPS) is 10.6. The van der Waals surface area contributed by atoms with Crippen LogP contribution in [0.5, 0.6) is 5.75 Å². The minimum atomic E-state index is -0.518. The van der Waals surface area contributed by atoms with Crippen molar-refractivity contribution >= 4 is 11.5 Å². The topological polar surface area (TPSA) is 85.7 Å². The number of benzene rings is 1. The van der Waals surface area contributed by atoms with Gasteiger partial charge in [0, 0.05) is 11.8 Å². The van der Waals surface area contributed by atoms with E-state index in [0.717, 1.165) is 5.56 Å². The summed E-state index contributed by atoms with van der Waals surface area (Å²) in [5, 5.41) is 4.31. The average molecular weight is 299 g/mol. The minimum absolute atomic E-state index is 0.271. The van der Waals surface area contributed by atoms with Crippen LogP contribution in [-0.4, -0.2) is 34.8 Å². The molecule has 3 aromatic rings. The summed E-state index contributed by atoms with van der Waals surface area (Å²) in [6.45, 7) is 0. The molecule has 0 aliphatic carbocycles. The summed E-state index contributed by atoms with van der Waals surface area (Å²) in [4.78, 5) is 26.4. The molecule has 1 N–H and O–H groups in total. The van der Waals surface area contributed by atoms with Gasteiger partial charge in [0.2, 0.25) is 0 Å². The summed E-state index contributed by atoms with van der Waals surface area (Å²) in [7, 11) is 2.86. The Morgan fingerprint density at radius 1 is 1.23 bits per heavy atom. The van der Waals surface area contributed by atoms with E-state index in [9.17, 15) is 9.59 Å². The maximum Gasteiger partial charge on any atom is 0.339 e. The van der Waals surface area contributed by atoms with Crippen LogP contribution in [-0.2, 0) is 4.74 Å². The molecule has 1 aromatic carbocycles. The van der Waals surface area contributed by atoms with Gasteiger partial charge in [-0.1, -0.05) is 0 Å². The summed E-state index contributed by atoms with van der Waals surface area (Å²) in [6.07, 6.45) is 1.46. The lowest BCUT2D eigenvalue weighted by molar-refractivity contribution is 0.0601. The van der Waals surface area contributed by atoms with Crippen molar-refractivity contribution in [1.82, 2.24) is 14.6 Å². The van der Waals surface area contributed by atoms with Crippen LogP contribution in [0.2, 0.25) is 0 Å². The fraction of sp³-hybridized carbons (Fsp3) is 0.133. The van der Waals surface area contributed by atoms with Crippen LogP contribution >= 0.6 is 0 Å². The molecule has 0 radical (unpaired) electrons. The Labute approximate surface area is 125 Å². The molecule has 3 rings (SSSR count). The van der Waals surface area contributed by atoms with Gasteiger partial charge in [0.25, 0.3) is 5.56 Å². The van der Waals surface area contributed by atoms with Gasteiger partial charge in [-0.05, 0) is 30.3 Å². The van der Waals surface area contributed by atoms with Crippen LogP contribution in [0, 0.1) is 0 Å². The molecule has 0 aliphatic heterocycles. The van der Waals surface area contributed by atoms with E-state index >= 15 is 0 Å². The van der Waals surface area contributed by atoms with E-state index in [1.54, 1.807) is 31.4 Å². The van der Waals surface area contributed by atoms with Gasteiger partial charge in [-0.3, -0.25) is 4.79 Å². The molecule has 0 saturated heterocycles. The number of hydrogen-bond donors (Lipinski definition) is 1. The Bertz CT molecular complexity index is 893. The molecule has 7 nitrogen and oxygen atoms in total. The molecule has 0 bridgehead atoms. The van der Waals surface area contributed by atoms with Crippen LogP contribution in [0.15, 0.2) is 41.3 Å². The maximum atomic E-state index is 12.1. The highest BCUT2D eigenvalue weighted by atomic mass is 16.5. The number of rotatable bonds is 3. The van der Waals surface area contributed by atoms with Crippen LogP contribution in [0.4, 0.5) is 0 Å². The van der Waals surface area contributed by atoms with Crippen LogP contribution in [0.1, 0.15) is 10.4 Å². The predicted octanol–water partition coefficient (Wildman–Crippen LogP) is 1.48. The van der Waals surface area contributed by atoms with Crippen molar-refractivity contribution in [3.63, 3.8) is 0 Å². The molecule has 0 amide bonds. The molecule has 22 heavy (non-hydrogen) atoms. The number of ether oxygens (including phenoxy) is 2. The van der Waals surface area contributed by atoms with Crippen LogP contribution in [0.3, 0.4) is 0 Å². The van der Waals surface area contributed by atoms with Crippen molar-refractivity contribution < 1.29 is 14.3 Å². The molecule has 0 saturated carbocycles. The Morgan fingerprint density at radius 3 is 2.59 bits per heavy atom. The second kappa shape index (κ2) is 5.36. The minimum Gasteiger partial charge on any atom is -0.497 e. The molecule has 0 unspecified atom stereocenters. The second-order valence-electron chi connectivity index (χ2n) is 4.58. The summed E-state index contributed by atoms with van der Waals surface area (Å²) >= 11 is 0. The Balaban J connectivity index is 2.11. The molecule has 0 fully saturated rings. The number of nitrogens with zero attached hydrogens (tertiary/aromatic N) is 2. The molecule has 7 heteroatoms. The number of aromatic amines is 1. The van der Waals surface area contributed by atoms with Crippen molar-refractivity contribution in [2.45, 2.75) is 0 Å². The number of nitrogens with one attached hydrogen (secondary N) is 1. The zero-order valence-corrected chi connectivity index (χ0v) is 12.0. The molecule has 2 aromatic heterocycles. The first-order valence-corrected chi connectivity index (χ1v) is 6.48. The summed E-state index contributed by atoms with van der Waals surface area (Å²) in [5.74, 6) is 0.587.